The monoisotopic (exact) mass is 823 g/mol. The summed E-state index contributed by atoms with van der Waals surface area (Å²) in [5.41, 5.74) is 5.72. The van der Waals surface area contributed by atoms with E-state index in [0.717, 1.165) is 44.5 Å². The molecule has 6 aromatic carbocycles. The van der Waals surface area contributed by atoms with Gasteiger partial charge in [0.25, 0.3) is 0 Å². The summed E-state index contributed by atoms with van der Waals surface area (Å²) in [6, 6.07) is 60.2. The van der Waals surface area contributed by atoms with Crippen LogP contribution in [0.2, 0.25) is 0 Å². The van der Waals surface area contributed by atoms with Crippen molar-refractivity contribution in [1.29, 1.82) is 0 Å². The van der Waals surface area contributed by atoms with Crippen LogP contribution in [0.4, 0.5) is 4.39 Å². The van der Waals surface area contributed by atoms with E-state index in [1.807, 2.05) is 128 Å². The van der Waals surface area contributed by atoms with Gasteiger partial charge in [0.1, 0.15) is 0 Å². The number of rotatable bonds is 3. The van der Waals surface area contributed by atoms with E-state index in [4.69, 9.17) is 0 Å². The Kier molecular flexibility index (Phi) is 11.2. The average molecular weight is 823 g/mol. The van der Waals surface area contributed by atoms with Crippen LogP contribution in [-0.4, -0.2) is 15.0 Å². The second kappa shape index (κ2) is 16.5. The van der Waals surface area contributed by atoms with Gasteiger partial charge in [-0.15, -0.1) is 102 Å². The molecule has 0 unspecified atom stereocenters. The van der Waals surface area contributed by atoms with Crippen LogP contribution in [0, 0.1) is 24.0 Å². The van der Waals surface area contributed by atoms with Crippen LogP contribution in [0.25, 0.3) is 66.1 Å². The summed E-state index contributed by atoms with van der Waals surface area (Å²) in [6.45, 7) is 0. The third-order valence-electron chi connectivity index (χ3n) is 7.98. The summed E-state index contributed by atoms with van der Waals surface area (Å²) in [7, 11) is 0. The Hall–Kier alpha value is -5.87. The molecule has 9 rings (SSSR count). The molecule has 3 nitrogen and oxygen atoms in total. The van der Waals surface area contributed by atoms with E-state index in [-0.39, 0.29) is 25.9 Å². The third kappa shape index (κ3) is 7.88. The van der Waals surface area contributed by atoms with Crippen molar-refractivity contribution < 1.29 is 24.5 Å². The summed E-state index contributed by atoms with van der Waals surface area (Å²) in [6.07, 6.45) is 5.45. The zero-order chi connectivity index (χ0) is 33.3. The molecule has 0 aliphatic rings. The van der Waals surface area contributed by atoms with Gasteiger partial charge in [-0.2, -0.15) is 0 Å². The second-order valence-corrected chi connectivity index (χ2v) is 11.1. The molecular weight excluding hydrogens is 794 g/mol. The summed E-state index contributed by atoms with van der Waals surface area (Å²) in [4.78, 5) is 13.2. The van der Waals surface area contributed by atoms with Crippen LogP contribution in [0.1, 0.15) is 0 Å². The van der Waals surface area contributed by atoms with E-state index in [1.165, 1.54) is 33.7 Å². The Labute approximate surface area is 304 Å². The van der Waals surface area contributed by atoms with E-state index >= 15 is 0 Å². The van der Waals surface area contributed by atoms with Crippen LogP contribution in [0.15, 0.2) is 176 Å². The number of halogens is 1. The van der Waals surface area contributed by atoms with E-state index in [1.54, 1.807) is 12.3 Å². The maximum atomic E-state index is 12.9. The largest absolute Gasteiger partial charge is 3.00 e. The molecule has 50 heavy (non-hydrogen) atoms. The quantitative estimate of drug-likeness (QED) is 0.167. The number of hydrogen-bond acceptors (Lipinski definition) is 3. The molecular formula is C45H29FIrN3. The average Bonchev–Trinajstić information content (AvgIpc) is 3.19. The first-order chi connectivity index (χ1) is 24.2. The van der Waals surface area contributed by atoms with Crippen LogP contribution >= 0.6 is 0 Å². The zero-order valence-electron chi connectivity index (χ0n) is 26.8. The Balaban J connectivity index is 0.000000128. The van der Waals surface area contributed by atoms with Crippen molar-refractivity contribution in [3.05, 3.63) is 200 Å². The van der Waals surface area contributed by atoms with Gasteiger partial charge in [0.05, 0.1) is 0 Å². The number of pyridine rings is 3. The minimum absolute atomic E-state index is 0. The van der Waals surface area contributed by atoms with Gasteiger partial charge in [0.2, 0.25) is 0 Å². The standard InChI is InChI=1S/C15H9FN.2C15H10N.Ir/c16-13-7-5-12(6-8-13)15-14-4-2-1-3-11(14)9-10-17-15;2*1-2-7-13(8-3-1)15-14-9-5-4-6-12(14)10-11-16-15;/h1-5,7-10H;2*1-7,9-11H;/q3*-1;+3. The van der Waals surface area contributed by atoms with E-state index in [2.05, 4.69) is 57.4 Å². The van der Waals surface area contributed by atoms with Gasteiger partial charge in [-0.25, -0.2) is 0 Å². The van der Waals surface area contributed by atoms with Crippen molar-refractivity contribution in [2.24, 2.45) is 0 Å². The van der Waals surface area contributed by atoms with Crippen LogP contribution in [-0.2, 0) is 20.1 Å². The fourth-order valence-electron chi connectivity index (χ4n) is 5.64. The Morgan fingerprint density at radius 3 is 1.12 bits per heavy atom. The minimum atomic E-state index is -0.283. The van der Waals surface area contributed by atoms with E-state index in [9.17, 15) is 4.39 Å². The SMILES string of the molecule is Fc1c[c-]c(-c2nccc3ccccc23)cc1.[Ir+3].[c-]1ccccc1-c1nccc2ccccc12.[c-]1ccccc1-c1nccc2ccccc12. The second-order valence-electron chi connectivity index (χ2n) is 11.1. The van der Waals surface area contributed by atoms with Gasteiger partial charge in [-0.3, -0.25) is 4.39 Å². The summed E-state index contributed by atoms with van der Waals surface area (Å²) >= 11 is 0. The van der Waals surface area contributed by atoms with Gasteiger partial charge in [-0.05, 0) is 67.6 Å². The third-order valence-corrected chi connectivity index (χ3v) is 7.98. The number of nitrogens with zero attached hydrogens (tertiary/aromatic N) is 3. The van der Waals surface area contributed by atoms with Crippen molar-refractivity contribution in [3.63, 3.8) is 0 Å². The van der Waals surface area contributed by atoms with Crippen LogP contribution in [0.5, 0.6) is 0 Å². The molecule has 0 bridgehead atoms. The Bertz CT molecular complexity index is 2320. The van der Waals surface area contributed by atoms with Crippen LogP contribution in [0.3, 0.4) is 0 Å². The van der Waals surface area contributed by atoms with E-state index in [0.29, 0.717) is 0 Å². The topological polar surface area (TPSA) is 38.7 Å². The first-order valence-electron chi connectivity index (χ1n) is 15.9. The predicted molar refractivity (Wildman–Crippen MR) is 198 cm³/mol. The molecule has 3 aromatic heterocycles. The van der Waals surface area contributed by atoms with Crippen LogP contribution < -0.4 is 0 Å². The Morgan fingerprint density at radius 1 is 0.380 bits per heavy atom. The predicted octanol–water partition coefficient (Wildman–Crippen LogP) is 11.2. The molecule has 0 radical (unpaired) electrons. The number of hydrogen-bond donors (Lipinski definition) is 0. The van der Waals surface area contributed by atoms with Crippen molar-refractivity contribution >= 4 is 32.3 Å². The van der Waals surface area contributed by atoms with Gasteiger partial charge < -0.3 is 15.0 Å². The smallest absolute Gasteiger partial charge is 0.304 e. The molecule has 0 spiro atoms. The van der Waals surface area contributed by atoms with E-state index < -0.39 is 0 Å². The first kappa shape index (κ1) is 34.0. The van der Waals surface area contributed by atoms with Gasteiger partial charge in [0.15, 0.2) is 0 Å². The first-order valence-corrected chi connectivity index (χ1v) is 15.9. The number of benzene rings is 6. The molecule has 0 amide bonds. The fraction of sp³-hybridized carbons (Fsp3) is 0. The molecule has 0 aliphatic heterocycles. The fourth-order valence-corrected chi connectivity index (χ4v) is 5.64. The maximum absolute atomic E-state index is 12.9. The van der Waals surface area contributed by atoms with Gasteiger partial charge >= 0.3 is 20.1 Å². The zero-order valence-corrected chi connectivity index (χ0v) is 29.2. The molecule has 9 aromatic rings. The molecule has 0 atom stereocenters. The maximum Gasteiger partial charge on any atom is 3.00 e. The minimum Gasteiger partial charge on any atom is -0.304 e. The van der Waals surface area contributed by atoms with Crippen molar-refractivity contribution in [2.45, 2.75) is 0 Å². The van der Waals surface area contributed by atoms with Gasteiger partial charge in [0, 0.05) is 24.4 Å². The molecule has 0 saturated carbocycles. The molecule has 0 aliphatic carbocycles. The molecule has 3 heterocycles. The molecule has 5 heteroatoms. The number of aromatic nitrogens is 3. The number of fused-ring (bicyclic) bond motifs is 3. The van der Waals surface area contributed by atoms with Crippen molar-refractivity contribution in [3.8, 4) is 33.8 Å². The van der Waals surface area contributed by atoms with Crippen molar-refractivity contribution in [1.82, 2.24) is 15.0 Å². The Morgan fingerprint density at radius 2 is 0.760 bits per heavy atom. The molecule has 0 N–H and O–H groups in total. The summed E-state index contributed by atoms with van der Waals surface area (Å²) < 4.78 is 12.9. The molecule has 0 fully saturated rings. The molecule has 0 saturated heterocycles. The molecule has 240 valence electrons. The summed E-state index contributed by atoms with van der Waals surface area (Å²) in [5.74, 6) is -0.283. The van der Waals surface area contributed by atoms with Gasteiger partial charge in [-0.1, -0.05) is 72.8 Å². The van der Waals surface area contributed by atoms with Crippen molar-refractivity contribution in [2.75, 3.05) is 0 Å². The summed E-state index contributed by atoms with van der Waals surface area (Å²) in [5, 5.41) is 6.95. The normalized spacial score (nSPS) is 10.3.